The lowest BCUT2D eigenvalue weighted by atomic mass is 10.3. The summed E-state index contributed by atoms with van der Waals surface area (Å²) in [6.45, 7) is 0.364. The Morgan fingerprint density at radius 2 is 2.29 bits per heavy atom. The number of anilines is 1. The molecule has 1 aromatic rings. The summed E-state index contributed by atoms with van der Waals surface area (Å²) in [7, 11) is 0. The summed E-state index contributed by atoms with van der Waals surface area (Å²) in [6.07, 6.45) is 0. The smallest absolute Gasteiger partial charge is 0.260 e. The van der Waals surface area contributed by atoms with Crippen molar-refractivity contribution in [3.8, 4) is 0 Å². The molecule has 0 unspecified atom stereocenters. The van der Waals surface area contributed by atoms with Crippen LogP contribution in [0.1, 0.15) is 0 Å². The summed E-state index contributed by atoms with van der Waals surface area (Å²) >= 11 is 1.58. The SMILES string of the molecule is O=C1CN2C(=NN1)Sc1ccccc12. The van der Waals surface area contributed by atoms with Crippen molar-refractivity contribution in [2.45, 2.75) is 4.90 Å². The predicted molar refractivity (Wildman–Crippen MR) is 55.2 cm³/mol. The number of nitrogens with zero attached hydrogens (tertiary/aromatic N) is 2. The van der Waals surface area contributed by atoms with E-state index in [0.29, 0.717) is 6.54 Å². The molecule has 0 radical (unpaired) electrons. The minimum absolute atomic E-state index is 0.0638. The van der Waals surface area contributed by atoms with Crippen LogP contribution in [0.15, 0.2) is 34.3 Å². The van der Waals surface area contributed by atoms with Crippen molar-refractivity contribution < 1.29 is 4.79 Å². The fraction of sp³-hybridized carbons (Fsp3) is 0.111. The van der Waals surface area contributed by atoms with Gasteiger partial charge in [-0.05, 0) is 23.9 Å². The van der Waals surface area contributed by atoms with Gasteiger partial charge >= 0.3 is 0 Å². The lowest BCUT2D eigenvalue weighted by Crippen LogP contribution is -2.42. The molecule has 4 nitrogen and oxygen atoms in total. The normalized spacial score (nSPS) is 18.4. The maximum atomic E-state index is 11.1. The Bertz CT molecular complexity index is 443. The van der Waals surface area contributed by atoms with E-state index in [0.717, 1.165) is 15.8 Å². The Balaban J connectivity index is 2.10. The summed E-state index contributed by atoms with van der Waals surface area (Å²) < 4.78 is 0. The Kier molecular flexibility index (Phi) is 1.55. The van der Waals surface area contributed by atoms with E-state index < -0.39 is 0 Å². The number of para-hydroxylation sites is 1. The highest BCUT2D eigenvalue weighted by atomic mass is 32.2. The molecule has 0 saturated heterocycles. The minimum Gasteiger partial charge on any atom is -0.309 e. The highest BCUT2D eigenvalue weighted by molar-refractivity contribution is 8.14. The third-order valence-electron chi connectivity index (χ3n) is 2.17. The number of amides is 1. The molecule has 70 valence electrons. The van der Waals surface area contributed by atoms with Gasteiger partial charge in [-0.2, -0.15) is 0 Å². The van der Waals surface area contributed by atoms with Gasteiger partial charge in [0, 0.05) is 4.90 Å². The van der Waals surface area contributed by atoms with Gasteiger partial charge in [0.2, 0.25) is 0 Å². The summed E-state index contributed by atoms with van der Waals surface area (Å²) in [5.41, 5.74) is 3.55. The molecule has 5 heteroatoms. The Labute approximate surface area is 85.0 Å². The van der Waals surface area contributed by atoms with Crippen LogP contribution >= 0.6 is 11.8 Å². The van der Waals surface area contributed by atoms with Crippen molar-refractivity contribution in [3.05, 3.63) is 24.3 Å². The van der Waals surface area contributed by atoms with Crippen molar-refractivity contribution in [2.75, 3.05) is 11.4 Å². The van der Waals surface area contributed by atoms with Crippen LogP contribution < -0.4 is 10.3 Å². The molecule has 2 heterocycles. The van der Waals surface area contributed by atoms with Crippen LogP contribution in [0.3, 0.4) is 0 Å². The molecule has 0 aliphatic carbocycles. The molecule has 0 spiro atoms. The maximum absolute atomic E-state index is 11.1. The largest absolute Gasteiger partial charge is 0.309 e. The number of benzene rings is 1. The number of hydrogen-bond donors (Lipinski definition) is 1. The standard InChI is InChI=1S/C9H7N3OS/c13-8-5-12-6-3-1-2-4-7(6)14-9(12)11-10-8/h1-4H,5H2,(H,10,13). The lowest BCUT2D eigenvalue weighted by molar-refractivity contribution is -0.119. The number of rotatable bonds is 0. The molecule has 0 fully saturated rings. The number of thioether (sulfide) groups is 1. The molecule has 0 aromatic heterocycles. The molecule has 1 N–H and O–H groups in total. The zero-order chi connectivity index (χ0) is 9.54. The van der Waals surface area contributed by atoms with Crippen LogP contribution in [0, 0.1) is 0 Å². The van der Waals surface area contributed by atoms with Crippen LogP contribution in [-0.2, 0) is 4.79 Å². The second-order valence-electron chi connectivity index (χ2n) is 3.09. The Hall–Kier alpha value is -1.49. The highest BCUT2D eigenvalue weighted by Gasteiger charge is 2.30. The van der Waals surface area contributed by atoms with Gasteiger partial charge in [-0.25, -0.2) is 5.43 Å². The average Bonchev–Trinajstić information content (AvgIpc) is 2.56. The van der Waals surface area contributed by atoms with Crippen LogP contribution in [0.2, 0.25) is 0 Å². The minimum atomic E-state index is -0.0638. The van der Waals surface area contributed by atoms with Crippen LogP contribution in [0.4, 0.5) is 5.69 Å². The van der Waals surface area contributed by atoms with Gasteiger partial charge in [0.1, 0.15) is 6.54 Å². The van der Waals surface area contributed by atoms with Crippen LogP contribution in [0.25, 0.3) is 0 Å². The topological polar surface area (TPSA) is 44.7 Å². The van der Waals surface area contributed by atoms with Crippen LogP contribution in [0.5, 0.6) is 0 Å². The first-order chi connectivity index (χ1) is 6.84. The zero-order valence-electron chi connectivity index (χ0n) is 7.23. The molecule has 2 aliphatic rings. The van der Waals surface area contributed by atoms with E-state index in [4.69, 9.17) is 0 Å². The molecule has 0 bridgehead atoms. The van der Waals surface area contributed by atoms with E-state index >= 15 is 0 Å². The molecule has 1 aromatic carbocycles. The van der Waals surface area contributed by atoms with Gasteiger partial charge in [0.15, 0.2) is 5.17 Å². The summed E-state index contributed by atoms with van der Waals surface area (Å²) in [5.74, 6) is -0.0638. The highest BCUT2D eigenvalue weighted by Crippen LogP contribution is 2.40. The summed E-state index contributed by atoms with van der Waals surface area (Å²) in [5, 5.41) is 4.85. The van der Waals surface area contributed by atoms with Gasteiger partial charge in [-0.1, -0.05) is 12.1 Å². The zero-order valence-corrected chi connectivity index (χ0v) is 8.04. The molecule has 14 heavy (non-hydrogen) atoms. The maximum Gasteiger partial charge on any atom is 0.260 e. The molecule has 0 atom stereocenters. The lowest BCUT2D eigenvalue weighted by Gasteiger charge is -2.21. The van der Waals surface area contributed by atoms with Crippen molar-refractivity contribution >= 4 is 28.5 Å². The van der Waals surface area contributed by atoms with Gasteiger partial charge in [0.25, 0.3) is 5.91 Å². The van der Waals surface area contributed by atoms with E-state index in [-0.39, 0.29) is 5.91 Å². The third kappa shape index (κ3) is 1.02. The monoisotopic (exact) mass is 205 g/mol. The van der Waals surface area contributed by atoms with Crippen molar-refractivity contribution in [1.82, 2.24) is 5.43 Å². The first-order valence-corrected chi connectivity index (χ1v) is 5.07. The second-order valence-corrected chi connectivity index (χ2v) is 4.09. The number of nitrogens with one attached hydrogen (secondary N) is 1. The Morgan fingerprint density at radius 1 is 1.43 bits per heavy atom. The molecule has 2 aliphatic heterocycles. The average molecular weight is 205 g/mol. The van der Waals surface area contributed by atoms with Gasteiger partial charge in [-0.15, -0.1) is 5.10 Å². The van der Waals surface area contributed by atoms with Gasteiger partial charge in [0.05, 0.1) is 5.69 Å². The van der Waals surface area contributed by atoms with Gasteiger partial charge < -0.3 is 4.90 Å². The number of hydrogen-bond acceptors (Lipinski definition) is 4. The van der Waals surface area contributed by atoms with E-state index in [1.165, 1.54) is 0 Å². The number of carbonyl (C=O) groups is 1. The second kappa shape index (κ2) is 2.75. The fourth-order valence-corrected chi connectivity index (χ4v) is 2.54. The number of hydrazone groups is 1. The first-order valence-electron chi connectivity index (χ1n) is 4.25. The van der Waals surface area contributed by atoms with Crippen molar-refractivity contribution in [2.24, 2.45) is 5.10 Å². The summed E-state index contributed by atoms with van der Waals surface area (Å²) in [6, 6.07) is 7.99. The summed E-state index contributed by atoms with van der Waals surface area (Å²) in [4.78, 5) is 14.2. The molecule has 3 rings (SSSR count). The number of carbonyl (C=O) groups excluding carboxylic acids is 1. The molecule has 0 saturated carbocycles. The number of fused-ring (bicyclic) bond motifs is 3. The van der Waals surface area contributed by atoms with Crippen molar-refractivity contribution in [1.29, 1.82) is 0 Å². The van der Waals surface area contributed by atoms with E-state index in [2.05, 4.69) is 10.5 Å². The quantitative estimate of drug-likeness (QED) is 0.687. The third-order valence-corrected chi connectivity index (χ3v) is 3.23. The molecular formula is C9H7N3OS. The Morgan fingerprint density at radius 3 is 3.21 bits per heavy atom. The van der Waals surface area contributed by atoms with Gasteiger partial charge in [-0.3, -0.25) is 4.79 Å². The van der Waals surface area contributed by atoms with E-state index in [1.54, 1.807) is 11.8 Å². The number of amidine groups is 1. The van der Waals surface area contributed by atoms with Crippen LogP contribution in [-0.4, -0.2) is 17.6 Å². The molecular weight excluding hydrogens is 198 g/mol. The first kappa shape index (κ1) is 7.87. The van der Waals surface area contributed by atoms with E-state index in [9.17, 15) is 4.79 Å². The fourth-order valence-electron chi connectivity index (χ4n) is 1.55. The van der Waals surface area contributed by atoms with E-state index in [1.807, 2.05) is 29.2 Å². The van der Waals surface area contributed by atoms with Crippen molar-refractivity contribution in [3.63, 3.8) is 0 Å². The molecule has 1 amide bonds. The predicted octanol–water partition coefficient (Wildman–Crippen LogP) is 1.000.